The third-order valence-electron chi connectivity index (χ3n) is 4.94. The van der Waals surface area contributed by atoms with Gasteiger partial charge in [-0.15, -0.1) is 0 Å². The monoisotopic (exact) mass is 390 g/mol. The summed E-state index contributed by atoms with van der Waals surface area (Å²) >= 11 is 0. The van der Waals surface area contributed by atoms with Crippen molar-refractivity contribution < 1.29 is 23.4 Å². The second-order valence-corrected chi connectivity index (χ2v) is 6.62. The maximum absolute atomic E-state index is 12.2. The topological polar surface area (TPSA) is 57.9 Å². The van der Waals surface area contributed by atoms with Gasteiger partial charge < -0.3 is 18.6 Å². The summed E-state index contributed by atoms with van der Waals surface area (Å²) in [4.78, 5) is 12.2. The Morgan fingerprint density at radius 3 is 2.48 bits per heavy atom. The van der Waals surface area contributed by atoms with Crippen LogP contribution in [0.3, 0.4) is 0 Å². The molecule has 0 saturated heterocycles. The minimum Gasteiger partial charge on any atom is -0.493 e. The highest BCUT2D eigenvalue weighted by Crippen LogP contribution is 2.41. The van der Waals surface area contributed by atoms with Crippen LogP contribution in [0, 0.1) is 0 Å². The lowest BCUT2D eigenvalue weighted by Crippen LogP contribution is -2.07. The average Bonchev–Trinajstić information content (AvgIpc) is 3.11. The van der Waals surface area contributed by atoms with Crippen molar-refractivity contribution in [3.8, 4) is 22.6 Å². The summed E-state index contributed by atoms with van der Waals surface area (Å²) in [5, 5.41) is 3.02. The number of hydrogen-bond acceptors (Lipinski definition) is 5. The molecule has 3 aromatic carbocycles. The van der Waals surface area contributed by atoms with Crippen LogP contribution in [0.2, 0.25) is 0 Å². The molecule has 5 heteroatoms. The molecule has 148 valence electrons. The Hall–Kier alpha value is -3.47. The Labute approximate surface area is 168 Å². The number of ether oxygens (including phenoxy) is 3. The third-order valence-corrected chi connectivity index (χ3v) is 4.94. The van der Waals surface area contributed by atoms with Crippen LogP contribution in [0.25, 0.3) is 32.9 Å². The predicted octanol–water partition coefficient (Wildman–Crippen LogP) is 5.38. The number of esters is 1. The zero-order chi connectivity index (χ0) is 20.4. The van der Waals surface area contributed by atoms with Gasteiger partial charge >= 0.3 is 5.97 Å². The fourth-order valence-electron chi connectivity index (χ4n) is 3.65. The van der Waals surface area contributed by atoms with Crippen LogP contribution in [0.1, 0.15) is 12.7 Å². The number of carbonyl (C=O) groups excluding carboxylic acids is 1. The summed E-state index contributed by atoms with van der Waals surface area (Å²) in [6, 6.07) is 17.8. The van der Waals surface area contributed by atoms with Gasteiger partial charge in [-0.05, 0) is 36.1 Å². The van der Waals surface area contributed by atoms with E-state index in [1.54, 1.807) is 21.1 Å². The van der Waals surface area contributed by atoms with E-state index in [1.165, 1.54) is 0 Å². The highest BCUT2D eigenvalue weighted by atomic mass is 16.5. The molecule has 1 heterocycles. The Morgan fingerprint density at radius 1 is 0.931 bits per heavy atom. The van der Waals surface area contributed by atoms with E-state index in [9.17, 15) is 4.79 Å². The Bertz CT molecular complexity index is 1190. The first kappa shape index (κ1) is 18.9. The van der Waals surface area contributed by atoms with Crippen LogP contribution in [0.4, 0.5) is 0 Å². The SMILES string of the molecule is CCOC(=O)Cc1oc2c(ccc3ccccc32)c1-c1ccc(OC)c(OC)c1. The highest BCUT2D eigenvalue weighted by molar-refractivity contribution is 6.10. The number of rotatable bonds is 6. The second kappa shape index (κ2) is 7.87. The van der Waals surface area contributed by atoms with Crippen molar-refractivity contribution in [1.82, 2.24) is 0 Å². The van der Waals surface area contributed by atoms with Crippen molar-refractivity contribution >= 4 is 27.7 Å². The van der Waals surface area contributed by atoms with Crippen molar-refractivity contribution in [2.24, 2.45) is 0 Å². The summed E-state index contributed by atoms with van der Waals surface area (Å²) in [7, 11) is 3.20. The summed E-state index contributed by atoms with van der Waals surface area (Å²) in [5.74, 6) is 1.50. The van der Waals surface area contributed by atoms with E-state index in [0.717, 1.165) is 32.9 Å². The molecule has 0 N–H and O–H groups in total. The number of hydrogen-bond donors (Lipinski definition) is 0. The largest absolute Gasteiger partial charge is 0.493 e. The van der Waals surface area contributed by atoms with Gasteiger partial charge in [-0.3, -0.25) is 4.79 Å². The number of methoxy groups -OCH3 is 2. The van der Waals surface area contributed by atoms with E-state index >= 15 is 0 Å². The first-order valence-electron chi connectivity index (χ1n) is 9.47. The Kier molecular flexibility index (Phi) is 5.12. The first-order chi connectivity index (χ1) is 14.2. The fourth-order valence-corrected chi connectivity index (χ4v) is 3.65. The van der Waals surface area contributed by atoms with Crippen molar-refractivity contribution in [1.29, 1.82) is 0 Å². The van der Waals surface area contributed by atoms with Crippen molar-refractivity contribution in [3.63, 3.8) is 0 Å². The molecule has 4 rings (SSSR count). The van der Waals surface area contributed by atoms with Gasteiger partial charge in [0.15, 0.2) is 11.5 Å². The second-order valence-electron chi connectivity index (χ2n) is 6.62. The Morgan fingerprint density at radius 2 is 1.72 bits per heavy atom. The molecule has 0 radical (unpaired) electrons. The number of benzene rings is 3. The molecule has 0 aliphatic rings. The molecule has 0 bridgehead atoms. The summed E-state index contributed by atoms with van der Waals surface area (Å²) in [6.45, 7) is 2.12. The van der Waals surface area contributed by atoms with Crippen molar-refractivity contribution in [3.05, 3.63) is 60.4 Å². The molecule has 0 fully saturated rings. The molecule has 0 unspecified atom stereocenters. The van der Waals surface area contributed by atoms with E-state index in [-0.39, 0.29) is 12.4 Å². The van der Waals surface area contributed by atoms with Crippen LogP contribution >= 0.6 is 0 Å². The summed E-state index contributed by atoms with van der Waals surface area (Å²) in [5.41, 5.74) is 2.50. The molecular weight excluding hydrogens is 368 g/mol. The minimum atomic E-state index is -0.322. The van der Waals surface area contributed by atoms with Gasteiger partial charge in [0.2, 0.25) is 0 Å². The predicted molar refractivity (Wildman–Crippen MR) is 113 cm³/mol. The van der Waals surface area contributed by atoms with Crippen LogP contribution in [-0.4, -0.2) is 26.8 Å². The zero-order valence-corrected chi connectivity index (χ0v) is 16.7. The van der Waals surface area contributed by atoms with Gasteiger partial charge in [0.25, 0.3) is 0 Å². The van der Waals surface area contributed by atoms with Gasteiger partial charge in [-0.1, -0.05) is 36.4 Å². The number of carbonyl (C=O) groups is 1. The van der Waals surface area contributed by atoms with Gasteiger partial charge in [0, 0.05) is 16.3 Å². The lowest BCUT2D eigenvalue weighted by atomic mass is 9.98. The van der Waals surface area contributed by atoms with Crippen LogP contribution in [-0.2, 0) is 16.0 Å². The molecule has 5 nitrogen and oxygen atoms in total. The summed E-state index contributed by atoms with van der Waals surface area (Å²) < 4.78 is 22.2. The maximum Gasteiger partial charge on any atom is 0.313 e. The molecule has 0 atom stereocenters. The van der Waals surface area contributed by atoms with Gasteiger partial charge in [0.1, 0.15) is 17.8 Å². The number of fused-ring (bicyclic) bond motifs is 3. The van der Waals surface area contributed by atoms with Gasteiger partial charge in [-0.25, -0.2) is 0 Å². The van der Waals surface area contributed by atoms with E-state index in [2.05, 4.69) is 6.07 Å². The fraction of sp³-hybridized carbons (Fsp3) is 0.208. The lowest BCUT2D eigenvalue weighted by molar-refractivity contribution is -0.142. The maximum atomic E-state index is 12.2. The molecule has 0 saturated carbocycles. The smallest absolute Gasteiger partial charge is 0.313 e. The van der Waals surface area contributed by atoms with Crippen LogP contribution < -0.4 is 9.47 Å². The number of furan rings is 1. The summed E-state index contributed by atoms with van der Waals surface area (Å²) in [6.07, 6.45) is 0.0561. The molecule has 0 spiro atoms. The van der Waals surface area contributed by atoms with E-state index in [0.29, 0.717) is 23.9 Å². The molecular formula is C24H22O5. The van der Waals surface area contributed by atoms with Crippen molar-refractivity contribution in [2.45, 2.75) is 13.3 Å². The van der Waals surface area contributed by atoms with E-state index < -0.39 is 0 Å². The van der Waals surface area contributed by atoms with Crippen LogP contribution in [0.15, 0.2) is 59.0 Å². The molecule has 4 aromatic rings. The molecule has 0 aliphatic heterocycles. The van der Waals surface area contributed by atoms with Crippen LogP contribution in [0.5, 0.6) is 11.5 Å². The molecule has 0 amide bonds. The quantitative estimate of drug-likeness (QED) is 0.414. The average molecular weight is 390 g/mol. The highest BCUT2D eigenvalue weighted by Gasteiger charge is 2.21. The molecule has 1 aromatic heterocycles. The molecule has 29 heavy (non-hydrogen) atoms. The van der Waals surface area contributed by atoms with E-state index in [4.69, 9.17) is 18.6 Å². The zero-order valence-electron chi connectivity index (χ0n) is 16.7. The van der Waals surface area contributed by atoms with Gasteiger partial charge in [0.05, 0.1) is 20.8 Å². The standard InChI is InChI=1S/C24H22O5/c1-4-28-22(25)14-21-23(16-10-12-19(26-2)20(13-16)27-3)18-11-9-15-7-5-6-8-17(15)24(18)29-21/h5-13H,4,14H2,1-3H3. The first-order valence-corrected chi connectivity index (χ1v) is 9.47. The van der Waals surface area contributed by atoms with Gasteiger partial charge in [-0.2, -0.15) is 0 Å². The Balaban J connectivity index is 1.97. The minimum absolute atomic E-state index is 0.0561. The van der Waals surface area contributed by atoms with Crippen molar-refractivity contribution in [2.75, 3.05) is 20.8 Å². The van der Waals surface area contributed by atoms with E-state index in [1.807, 2.05) is 48.5 Å². The normalized spacial score (nSPS) is 11.0. The lowest BCUT2D eigenvalue weighted by Gasteiger charge is -2.10. The molecule has 0 aliphatic carbocycles. The third kappa shape index (κ3) is 3.40.